The first-order valence-corrected chi connectivity index (χ1v) is 10.9. The predicted octanol–water partition coefficient (Wildman–Crippen LogP) is 2.33. The molecule has 176 valence electrons. The van der Waals surface area contributed by atoms with Crippen molar-refractivity contribution in [2.24, 2.45) is 27.4 Å². The topological polar surface area (TPSA) is 150 Å². The van der Waals surface area contributed by atoms with E-state index < -0.39 is 0 Å². The Balaban J connectivity index is 1.80. The Morgan fingerprint density at radius 1 is 1.21 bits per heavy atom. The summed E-state index contributed by atoms with van der Waals surface area (Å²) in [6.45, 7) is 4.47. The highest BCUT2D eigenvalue weighted by Gasteiger charge is 2.18. The fourth-order valence-corrected chi connectivity index (χ4v) is 3.23. The lowest BCUT2D eigenvalue weighted by Gasteiger charge is -2.24. The monoisotopic (exact) mass is 457 g/mol. The molecular formula is C25H31N9. The van der Waals surface area contributed by atoms with E-state index in [4.69, 9.17) is 16.9 Å². The highest BCUT2D eigenvalue weighted by Crippen LogP contribution is 2.23. The molecule has 0 unspecified atom stereocenters. The van der Waals surface area contributed by atoms with Gasteiger partial charge in [-0.25, -0.2) is 4.99 Å². The first kappa shape index (κ1) is 24.2. The number of dihydropyridines is 2. The maximum Gasteiger partial charge on any atom is 0.132 e. The van der Waals surface area contributed by atoms with Crippen molar-refractivity contribution in [3.8, 4) is 0 Å². The van der Waals surface area contributed by atoms with Crippen LogP contribution in [0.15, 0.2) is 105 Å². The van der Waals surface area contributed by atoms with Gasteiger partial charge in [-0.2, -0.15) is 0 Å². The number of pyridine rings is 1. The number of hydrogen-bond acceptors (Lipinski definition) is 7. The first-order valence-electron chi connectivity index (χ1n) is 10.9. The average molecular weight is 458 g/mol. The Hall–Kier alpha value is -4.40. The van der Waals surface area contributed by atoms with Crippen LogP contribution in [0.5, 0.6) is 0 Å². The molecule has 1 aromatic rings. The fraction of sp³-hybridized carbons (Fsp3) is 0.200. The second kappa shape index (κ2) is 11.5. The molecule has 8 N–H and O–H groups in total. The number of allylic oxidation sites excluding steroid dienone is 4. The van der Waals surface area contributed by atoms with E-state index in [1.807, 2.05) is 63.7 Å². The molecule has 0 amide bonds. The minimum Gasteiger partial charge on any atom is -0.393 e. The Kier molecular flexibility index (Phi) is 8.17. The van der Waals surface area contributed by atoms with Crippen molar-refractivity contribution in [2.75, 3.05) is 7.05 Å². The molecule has 0 saturated carbocycles. The summed E-state index contributed by atoms with van der Waals surface area (Å²) in [5.41, 5.74) is 17.6. The molecule has 0 saturated heterocycles. The third kappa shape index (κ3) is 6.32. The van der Waals surface area contributed by atoms with E-state index in [1.165, 1.54) is 6.21 Å². The lowest BCUT2D eigenvalue weighted by atomic mass is 10.0. The van der Waals surface area contributed by atoms with Gasteiger partial charge < -0.3 is 32.8 Å². The van der Waals surface area contributed by atoms with Crippen LogP contribution in [0.2, 0.25) is 0 Å². The standard InChI is InChI=1S/C25H31N9/c1-16(2)18(12-26)11-23(27)34-24-5-4-21-22(33-24)10-19(14-31-21)20(15-29-3)25(28)32-13-17-6-8-30-9-7-17/h4-12,14-16,26,29,31,33H,13H2,1-3H3,(H2,27,34)(H2,28,32)/b18-11?,20-15-,26-12?. The van der Waals surface area contributed by atoms with Crippen molar-refractivity contribution >= 4 is 17.9 Å². The van der Waals surface area contributed by atoms with Gasteiger partial charge >= 0.3 is 0 Å². The third-order valence-corrected chi connectivity index (χ3v) is 5.10. The summed E-state index contributed by atoms with van der Waals surface area (Å²) in [5.74, 6) is 1.52. The Bertz CT molecular complexity index is 1160. The second-order valence-electron chi connectivity index (χ2n) is 7.94. The minimum atomic E-state index is 0.187. The molecule has 2 aliphatic rings. The Morgan fingerprint density at radius 3 is 2.65 bits per heavy atom. The zero-order valence-electron chi connectivity index (χ0n) is 19.6. The molecule has 0 radical (unpaired) electrons. The van der Waals surface area contributed by atoms with Crippen LogP contribution in [0.4, 0.5) is 0 Å². The van der Waals surface area contributed by atoms with Crippen molar-refractivity contribution in [3.63, 3.8) is 0 Å². The number of nitrogens with zero attached hydrogens (tertiary/aromatic N) is 3. The molecule has 0 fully saturated rings. The van der Waals surface area contributed by atoms with Crippen molar-refractivity contribution in [2.45, 2.75) is 20.4 Å². The van der Waals surface area contributed by atoms with Gasteiger partial charge in [0.25, 0.3) is 0 Å². The van der Waals surface area contributed by atoms with E-state index >= 15 is 0 Å². The summed E-state index contributed by atoms with van der Waals surface area (Å²) in [6.07, 6.45) is 15.9. The molecule has 34 heavy (non-hydrogen) atoms. The van der Waals surface area contributed by atoms with E-state index in [1.54, 1.807) is 18.5 Å². The fourth-order valence-electron chi connectivity index (χ4n) is 3.23. The van der Waals surface area contributed by atoms with Crippen molar-refractivity contribution < 1.29 is 0 Å². The van der Waals surface area contributed by atoms with Gasteiger partial charge in [-0.05, 0) is 53.5 Å². The average Bonchev–Trinajstić information content (AvgIpc) is 2.84. The van der Waals surface area contributed by atoms with Gasteiger partial charge in [-0.1, -0.05) is 13.8 Å². The molecular weight excluding hydrogens is 426 g/mol. The highest BCUT2D eigenvalue weighted by molar-refractivity contribution is 6.02. The smallest absolute Gasteiger partial charge is 0.132 e. The maximum absolute atomic E-state index is 7.53. The molecule has 0 aliphatic carbocycles. The SMILES string of the molecule is CN/C=C(/C1=CNC2=CC=C(N=C(N)C=C(C=N)C(C)C)NC2=C1)C(N)=NCc1ccncc1. The summed E-state index contributed by atoms with van der Waals surface area (Å²) >= 11 is 0. The van der Waals surface area contributed by atoms with Crippen LogP contribution < -0.4 is 27.4 Å². The predicted molar refractivity (Wildman–Crippen MR) is 139 cm³/mol. The number of fused-ring (bicyclic) bond motifs is 1. The van der Waals surface area contributed by atoms with Gasteiger partial charge in [0.1, 0.15) is 17.5 Å². The molecule has 3 rings (SSSR count). The van der Waals surface area contributed by atoms with Gasteiger partial charge in [0.15, 0.2) is 0 Å². The second-order valence-corrected chi connectivity index (χ2v) is 7.94. The minimum absolute atomic E-state index is 0.187. The van der Waals surface area contributed by atoms with E-state index in [-0.39, 0.29) is 5.92 Å². The summed E-state index contributed by atoms with van der Waals surface area (Å²) < 4.78 is 0. The van der Waals surface area contributed by atoms with Gasteiger partial charge in [0, 0.05) is 49.2 Å². The number of amidine groups is 2. The van der Waals surface area contributed by atoms with Gasteiger partial charge in [-0.15, -0.1) is 0 Å². The van der Waals surface area contributed by atoms with Gasteiger partial charge in [0.05, 0.1) is 17.9 Å². The summed E-state index contributed by atoms with van der Waals surface area (Å²) in [5, 5.41) is 17.2. The quantitative estimate of drug-likeness (QED) is 0.247. The van der Waals surface area contributed by atoms with E-state index in [9.17, 15) is 0 Å². The van der Waals surface area contributed by atoms with Crippen LogP contribution >= 0.6 is 0 Å². The third-order valence-electron chi connectivity index (χ3n) is 5.10. The van der Waals surface area contributed by atoms with Crippen LogP contribution in [-0.4, -0.2) is 29.9 Å². The van der Waals surface area contributed by atoms with E-state index in [0.717, 1.165) is 33.7 Å². The van der Waals surface area contributed by atoms with E-state index in [0.29, 0.717) is 24.0 Å². The van der Waals surface area contributed by atoms with Crippen LogP contribution in [-0.2, 0) is 6.54 Å². The normalized spacial score (nSPS) is 16.9. The van der Waals surface area contributed by atoms with Gasteiger partial charge in [-0.3, -0.25) is 9.98 Å². The van der Waals surface area contributed by atoms with Crippen LogP contribution in [0.25, 0.3) is 0 Å². The van der Waals surface area contributed by atoms with Crippen molar-refractivity contribution in [1.29, 1.82) is 5.41 Å². The van der Waals surface area contributed by atoms with E-state index in [2.05, 4.69) is 30.9 Å². The van der Waals surface area contributed by atoms with Crippen molar-refractivity contribution in [3.05, 3.63) is 101 Å². The molecule has 3 heterocycles. The molecule has 0 bridgehead atoms. The van der Waals surface area contributed by atoms with Crippen LogP contribution in [0.1, 0.15) is 19.4 Å². The van der Waals surface area contributed by atoms with Crippen LogP contribution in [0.3, 0.4) is 0 Å². The van der Waals surface area contributed by atoms with Crippen molar-refractivity contribution in [1.82, 2.24) is 20.9 Å². The number of nitrogens with two attached hydrogens (primary N) is 2. The largest absolute Gasteiger partial charge is 0.393 e. The summed E-state index contributed by atoms with van der Waals surface area (Å²) in [4.78, 5) is 13.0. The summed E-state index contributed by atoms with van der Waals surface area (Å²) in [6, 6.07) is 3.82. The highest BCUT2D eigenvalue weighted by atomic mass is 15.1. The first-order chi connectivity index (χ1) is 16.4. The maximum atomic E-state index is 7.53. The molecule has 0 aromatic carbocycles. The molecule has 9 heteroatoms. The molecule has 0 spiro atoms. The number of rotatable bonds is 9. The lowest BCUT2D eigenvalue weighted by Crippen LogP contribution is -2.28. The number of nitrogens with one attached hydrogen (secondary N) is 4. The zero-order chi connectivity index (χ0) is 24.5. The van der Waals surface area contributed by atoms with Gasteiger partial charge in [0.2, 0.25) is 0 Å². The molecule has 2 aliphatic heterocycles. The Labute approximate surface area is 200 Å². The lowest BCUT2D eigenvalue weighted by molar-refractivity contribution is 0.806. The zero-order valence-corrected chi connectivity index (χ0v) is 19.6. The Morgan fingerprint density at radius 2 is 1.97 bits per heavy atom. The molecule has 9 nitrogen and oxygen atoms in total. The number of aliphatic imine (C=N–C) groups is 2. The van der Waals surface area contributed by atoms with Crippen LogP contribution in [0, 0.1) is 11.3 Å². The number of aromatic nitrogens is 1. The molecule has 0 atom stereocenters. The number of hydrogen-bond donors (Lipinski definition) is 6. The summed E-state index contributed by atoms with van der Waals surface area (Å²) in [7, 11) is 1.82. The molecule has 1 aromatic heterocycles.